The lowest BCUT2D eigenvalue weighted by Gasteiger charge is -2.05. The van der Waals surface area contributed by atoms with Crippen LogP contribution in [-0.4, -0.2) is 13.3 Å². The van der Waals surface area contributed by atoms with Crippen molar-refractivity contribution >= 4 is 11.8 Å². The molecule has 3 heteroatoms. The molecule has 0 bridgehead atoms. The third-order valence-electron chi connectivity index (χ3n) is 1.88. The Balaban J connectivity index is 2.44. The van der Waals surface area contributed by atoms with Crippen LogP contribution in [0.3, 0.4) is 0 Å². The van der Waals surface area contributed by atoms with Crippen molar-refractivity contribution in [3.8, 4) is 5.75 Å². The molecule has 3 nitrogen and oxygen atoms in total. The number of hydrogen-bond acceptors (Lipinski definition) is 2. The Bertz CT molecular complexity index is 369. The highest BCUT2D eigenvalue weighted by atomic mass is 16.5. The molecular formula is C10H9N2O. The van der Waals surface area contributed by atoms with E-state index in [0.717, 1.165) is 16.9 Å². The molecule has 2 rings (SSSR count). The largest absolute Gasteiger partial charge is 0.496 e. The lowest BCUT2D eigenvalue weighted by atomic mass is 10.1. The minimum atomic E-state index is 0.845. The fraction of sp³-hybridized carbons (Fsp3) is 0.100. The molecule has 0 unspecified atom stereocenters. The van der Waals surface area contributed by atoms with Gasteiger partial charge in [-0.25, -0.2) is 0 Å². The quantitative estimate of drug-likeness (QED) is 0.669. The van der Waals surface area contributed by atoms with Gasteiger partial charge in [0.15, 0.2) is 0 Å². The van der Waals surface area contributed by atoms with Crippen molar-refractivity contribution in [2.24, 2.45) is 5.10 Å². The van der Waals surface area contributed by atoms with Gasteiger partial charge in [0.2, 0.25) is 0 Å². The molecule has 0 aromatic heterocycles. The number of para-hydroxylation sites is 1. The standard InChI is InChI=1S/C10H9N2O/c1-13-10-5-3-2-4-9(10)8-6-11-12-7-8/h2-7H,1H3. The molecular weight excluding hydrogens is 164 g/mol. The first kappa shape index (κ1) is 7.86. The molecule has 1 radical (unpaired) electrons. The van der Waals surface area contributed by atoms with E-state index >= 15 is 0 Å². The van der Waals surface area contributed by atoms with E-state index in [1.54, 1.807) is 19.5 Å². The van der Waals surface area contributed by atoms with E-state index in [9.17, 15) is 0 Å². The molecule has 1 aliphatic heterocycles. The Labute approximate surface area is 76.7 Å². The Morgan fingerprint density at radius 2 is 2.08 bits per heavy atom. The maximum atomic E-state index is 5.21. The van der Waals surface area contributed by atoms with Crippen molar-refractivity contribution in [1.82, 2.24) is 5.43 Å². The highest BCUT2D eigenvalue weighted by Gasteiger charge is 2.08. The number of allylic oxidation sites excluding steroid dienone is 1. The predicted molar refractivity (Wildman–Crippen MR) is 51.6 cm³/mol. The van der Waals surface area contributed by atoms with Gasteiger partial charge in [0, 0.05) is 11.1 Å². The molecule has 0 saturated carbocycles. The number of benzene rings is 1. The van der Waals surface area contributed by atoms with Crippen LogP contribution in [-0.2, 0) is 0 Å². The lowest BCUT2D eigenvalue weighted by Crippen LogP contribution is -1.90. The first-order chi connectivity index (χ1) is 6.42. The van der Waals surface area contributed by atoms with Gasteiger partial charge in [-0.15, -0.1) is 0 Å². The molecule has 1 aliphatic rings. The number of ether oxygens (including phenoxy) is 1. The van der Waals surface area contributed by atoms with Gasteiger partial charge in [0.25, 0.3) is 0 Å². The van der Waals surface area contributed by atoms with Crippen LogP contribution >= 0.6 is 0 Å². The SMILES string of the molecule is COc1ccccc1C1=C[N]N=C1. The zero-order valence-electron chi connectivity index (χ0n) is 7.27. The fourth-order valence-corrected chi connectivity index (χ4v) is 1.25. The molecule has 0 atom stereocenters. The Morgan fingerprint density at radius 3 is 2.77 bits per heavy atom. The monoisotopic (exact) mass is 173 g/mol. The smallest absolute Gasteiger partial charge is 0.126 e. The van der Waals surface area contributed by atoms with Gasteiger partial charge >= 0.3 is 0 Å². The number of hydrogen-bond donors (Lipinski definition) is 0. The van der Waals surface area contributed by atoms with E-state index in [4.69, 9.17) is 4.74 Å². The van der Waals surface area contributed by atoms with E-state index in [-0.39, 0.29) is 0 Å². The predicted octanol–water partition coefficient (Wildman–Crippen LogP) is 1.64. The summed E-state index contributed by atoms with van der Waals surface area (Å²) in [5, 5.41) is 3.77. The van der Waals surface area contributed by atoms with Gasteiger partial charge in [-0.05, 0) is 6.07 Å². The summed E-state index contributed by atoms with van der Waals surface area (Å²) in [6.07, 6.45) is 3.44. The van der Waals surface area contributed by atoms with E-state index in [2.05, 4.69) is 10.5 Å². The normalized spacial score (nSPS) is 13.8. The van der Waals surface area contributed by atoms with E-state index < -0.39 is 0 Å². The first-order valence-electron chi connectivity index (χ1n) is 3.98. The lowest BCUT2D eigenvalue weighted by molar-refractivity contribution is 0.413. The van der Waals surface area contributed by atoms with Crippen LogP contribution in [0.5, 0.6) is 5.75 Å². The fourth-order valence-electron chi connectivity index (χ4n) is 1.25. The van der Waals surface area contributed by atoms with Crippen LogP contribution in [0.1, 0.15) is 5.56 Å². The summed E-state index contributed by atoms with van der Waals surface area (Å²) >= 11 is 0. The number of nitrogens with zero attached hydrogens (tertiary/aromatic N) is 2. The van der Waals surface area contributed by atoms with Crippen molar-refractivity contribution in [3.05, 3.63) is 36.0 Å². The second-order valence-corrected chi connectivity index (χ2v) is 2.64. The average molecular weight is 173 g/mol. The third kappa shape index (κ3) is 1.40. The van der Waals surface area contributed by atoms with Crippen molar-refractivity contribution in [2.45, 2.75) is 0 Å². The van der Waals surface area contributed by atoms with Crippen LogP contribution in [0.15, 0.2) is 35.6 Å². The third-order valence-corrected chi connectivity index (χ3v) is 1.88. The molecule has 0 amide bonds. The average Bonchev–Trinajstić information content (AvgIpc) is 2.70. The molecule has 13 heavy (non-hydrogen) atoms. The first-order valence-corrected chi connectivity index (χ1v) is 3.98. The Morgan fingerprint density at radius 1 is 1.23 bits per heavy atom. The van der Waals surface area contributed by atoms with Gasteiger partial charge in [0.05, 0.1) is 19.5 Å². The van der Waals surface area contributed by atoms with Crippen LogP contribution in [0.25, 0.3) is 5.57 Å². The summed E-state index contributed by atoms with van der Waals surface area (Å²) in [4.78, 5) is 0. The maximum Gasteiger partial charge on any atom is 0.126 e. The zero-order chi connectivity index (χ0) is 9.10. The minimum Gasteiger partial charge on any atom is -0.496 e. The van der Waals surface area contributed by atoms with Crippen LogP contribution in [0.2, 0.25) is 0 Å². The minimum absolute atomic E-state index is 0.845. The molecule has 0 spiro atoms. The van der Waals surface area contributed by atoms with Gasteiger partial charge in [-0.3, -0.25) is 0 Å². The number of methoxy groups -OCH3 is 1. The van der Waals surface area contributed by atoms with Crippen molar-refractivity contribution < 1.29 is 4.74 Å². The van der Waals surface area contributed by atoms with Gasteiger partial charge in [-0.1, -0.05) is 18.2 Å². The molecule has 1 aromatic rings. The maximum absolute atomic E-state index is 5.21. The summed E-state index contributed by atoms with van der Waals surface area (Å²) in [6.45, 7) is 0. The van der Waals surface area contributed by atoms with E-state index in [0.29, 0.717) is 0 Å². The topological polar surface area (TPSA) is 35.7 Å². The second-order valence-electron chi connectivity index (χ2n) is 2.64. The molecule has 1 heterocycles. The summed E-state index contributed by atoms with van der Waals surface area (Å²) in [6, 6.07) is 7.80. The summed E-state index contributed by atoms with van der Waals surface area (Å²) in [5.41, 5.74) is 5.78. The highest BCUT2D eigenvalue weighted by molar-refractivity contribution is 6.11. The second kappa shape index (κ2) is 3.31. The number of rotatable bonds is 2. The molecule has 1 aromatic carbocycles. The van der Waals surface area contributed by atoms with Crippen molar-refractivity contribution in [2.75, 3.05) is 7.11 Å². The Hall–Kier alpha value is -1.77. The molecule has 0 fully saturated rings. The zero-order valence-corrected chi connectivity index (χ0v) is 7.27. The summed E-state index contributed by atoms with van der Waals surface area (Å²) in [7, 11) is 1.66. The molecule has 65 valence electrons. The van der Waals surface area contributed by atoms with Crippen LogP contribution < -0.4 is 10.2 Å². The molecule has 0 saturated heterocycles. The van der Waals surface area contributed by atoms with Crippen LogP contribution in [0, 0.1) is 0 Å². The Kier molecular flexibility index (Phi) is 2.00. The van der Waals surface area contributed by atoms with Crippen LogP contribution in [0.4, 0.5) is 0 Å². The van der Waals surface area contributed by atoms with E-state index in [1.807, 2.05) is 24.3 Å². The molecule has 0 aliphatic carbocycles. The summed E-state index contributed by atoms with van der Waals surface area (Å²) < 4.78 is 5.21. The van der Waals surface area contributed by atoms with Crippen molar-refractivity contribution in [1.29, 1.82) is 0 Å². The summed E-state index contributed by atoms with van der Waals surface area (Å²) in [5.74, 6) is 0.845. The van der Waals surface area contributed by atoms with Gasteiger partial charge in [-0.2, -0.15) is 10.5 Å². The van der Waals surface area contributed by atoms with Gasteiger partial charge < -0.3 is 4.74 Å². The van der Waals surface area contributed by atoms with Crippen molar-refractivity contribution in [3.63, 3.8) is 0 Å². The van der Waals surface area contributed by atoms with E-state index in [1.165, 1.54) is 0 Å². The molecule has 0 N–H and O–H groups in total. The highest BCUT2D eigenvalue weighted by Crippen LogP contribution is 2.25. The van der Waals surface area contributed by atoms with Gasteiger partial charge in [0.1, 0.15) is 5.75 Å².